The Kier molecular flexibility index (Phi) is 10.2. The minimum absolute atomic E-state index is 1.14. The molecule has 0 unspecified atom stereocenters. The van der Waals surface area contributed by atoms with Gasteiger partial charge in [0.1, 0.15) is 12.4 Å². The minimum atomic E-state index is 1.14. The predicted molar refractivity (Wildman–Crippen MR) is 111 cm³/mol. The predicted octanol–water partition coefficient (Wildman–Crippen LogP) is 6.11. The van der Waals surface area contributed by atoms with Gasteiger partial charge < -0.3 is 0 Å². The second-order valence-corrected chi connectivity index (χ2v) is 7.56. The van der Waals surface area contributed by atoms with Crippen LogP contribution in [0.5, 0.6) is 0 Å². The number of rotatable bonds is 14. The molecule has 0 N–H and O–H groups in total. The van der Waals surface area contributed by atoms with Crippen LogP contribution in [0.2, 0.25) is 0 Å². The Labute approximate surface area is 161 Å². The fourth-order valence-corrected chi connectivity index (χ4v) is 3.71. The van der Waals surface area contributed by atoms with Gasteiger partial charge in [0.05, 0.1) is 13.1 Å². The molecule has 1 aromatic carbocycles. The third kappa shape index (κ3) is 7.35. The Hall–Kier alpha value is -1.57. The lowest BCUT2D eigenvalue weighted by molar-refractivity contribution is -0.704. The van der Waals surface area contributed by atoms with Crippen molar-refractivity contribution < 1.29 is 4.57 Å². The van der Waals surface area contributed by atoms with E-state index in [1.807, 2.05) is 0 Å². The number of aromatic nitrogens is 2. The first-order valence-corrected chi connectivity index (χ1v) is 11.0. The van der Waals surface area contributed by atoms with Gasteiger partial charge in [0.25, 0.3) is 5.82 Å². The first kappa shape index (κ1) is 20.7. The van der Waals surface area contributed by atoms with Crippen LogP contribution in [0.15, 0.2) is 42.7 Å². The van der Waals surface area contributed by atoms with Crippen molar-refractivity contribution in [2.75, 3.05) is 0 Å². The number of hydrogen-bond acceptors (Lipinski definition) is 0. The van der Waals surface area contributed by atoms with E-state index in [0.717, 1.165) is 6.54 Å². The van der Waals surface area contributed by atoms with E-state index in [9.17, 15) is 0 Å². The topological polar surface area (TPSA) is 8.81 Å². The summed E-state index contributed by atoms with van der Waals surface area (Å²) in [5.41, 5.74) is 1.46. The van der Waals surface area contributed by atoms with Crippen molar-refractivity contribution in [1.29, 1.82) is 0 Å². The van der Waals surface area contributed by atoms with Crippen molar-refractivity contribution in [2.24, 2.45) is 0 Å². The number of hydrogen-bond donors (Lipinski definition) is 0. The molecule has 0 amide bonds. The summed E-state index contributed by atoms with van der Waals surface area (Å²) >= 11 is 0. The van der Waals surface area contributed by atoms with E-state index in [1.165, 1.54) is 82.7 Å². The first-order chi connectivity index (χ1) is 12.8. The highest BCUT2D eigenvalue weighted by Crippen LogP contribution is 2.10. The van der Waals surface area contributed by atoms with E-state index in [1.54, 1.807) is 5.82 Å². The van der Waals surface area contributed by atoms with Crippen molar-refractivity contribution in [2.45, 2.75) is 97.6 Å². The van der Waals surface area contributed by atoms with Crippen LogP contribution in [-0.2, 0) is 25.9 Å². The van der Waals surface area contributed by atoms with Gasteiger partial charge in [0.2, 0.25) is 0 Å². The van der Waals surface area contributed by atoms with Gasteiger partial charge in [-0.3, -0.25) is 0 Å². The third-order valence-corrected chi connectivity index (χ3v) is 5.30. The van der Waals surface area contributed by atoms with Gasteiger partial charge in [0.15, 0.2) is 0 Å². The van der Waals surface area contributed by atoms with E-state index in [2.05, 4.69) is 65.7 Å². The second-order valence-electron chi connectivity index (χ2n) is 7.56. The highest BCUT2D eigenvalue weighted by atomic mass is 15.1. The summed E-state index contributed by atoms with van der Waals surface area (Å²) < 4.78 is 5.05. The summed E-state index contributed by atoms with van der Waals surface area (Å²) in [6.45, 7) is 6.90. The maximum atomic E-state index is 2.53. The van der Waals surface area contributed by atoms with Crippen molar-refractivity contribution >= 4 is 0 Å². The number of aryl methyl sites for hydroxylation is 3. The summed E-state index contributed by atoms with van der Waals surface area (Å²) in [5.74, 6) is 1.55. The Morgan fingerprint density at radius 3 is 2.27 bits per heavy atom. The molecular weight excluding hydrogens is 316 g/mol. The summed E-state index contributed by atoms with van der Waals surface area (Å²) in [5, 5.41) is 0. The Bertz CT molecular complexity index is 586. The molecule has 0 bridgehead atoms. The Balaban J connectivity index is 1.89. The van der Waals surface area contributed by atoms with E-state index >= 15 is 0 Å². The molecule has 1 aromatic heterocycles. The largest absolute Gasteiger partial charge is 0.256 e. The maximum Gasteiger partial charge on any atom is 0.256 e. The summed E-state index contributed by atoms with van der Waals surface area (Å²) in [6, 6.07) is 10.9. The molecule has 0 aliphatic heterocycles. The fraction of sp³-hybridized carbons (Fsp3) is 0.625. The van der Waals surface area contributed by atoms with Crippen LogP contribution in [0, 0.1) is 0 Å². The zero-order valence-electron chi connectivity index (χ0n) is 17.1. The van der Waals surface area contributed by atoms with Crippen LogP contribution >= 0.6 is 0 Å². The van der Waals surface area contributed by atoms with E-state index < -0.39 is 0 Å². The molecule has 2 aromatic rings. The molecule has 0 aliphatic rings. The van der Waals surface area contributed by atoms with Gasteiger partial charge in [-0.25, -0.2) is 9.13 Å². The van der Waals surface area contributed by atoms with Gasteiger partial charge >= 0.3 is 0 Å². The SMILES string of the molecule is CCCCCCCc1n(CCCCC)cc[n+]1CCCc1ccccc1. The highest BCUT2D eigenvalue weighted by molar-refractivity contribution is 5.14. The van der Waals surface area contributed by atoms with E-state index in [-0.39, 0.29) is 0 Å². The van der Waals surface area contributed by atoms with Gasteiger partial charge in [0, 0.05) is 6.42 Å². The molecule has 0 fully saturated rings. The molecule has 1 heterocycles. The Morgan fingerprint density at radius 1 is 0.769 bits per heavy atom. The first-order valence-electron chi connectivity index (χ1n) is 11.0. The molecule has 2 heteroatoms. The quantitative estimate of drug-likeness (QED) is 0.285. The number of nitrogens with zero attached hydrogens (tertiary/aromatic N) is 2. The molecule has 0 atom stereocenters. The lowest BCUT2D eigenvalue weighted by Crippen LogP contribution is -2.37. The monoisotopic (exact) mass is 355 g/mol. The molecule has 144 valence electrons. The van der Waals surface area contributed by atoms with Crippen molar-refractivity contribution in [3.63, 3.8) is 0 Å². The number of imidazole rings is 1. The van der Waals surface area contributed by atoms with E-state index in [0.29, 0.717) is 0 Å². The molecular formula is C24H39N2+. The zero-order chi connectivity index (χ0) is 18.5. The van der Waals surface area contributed by atoms with E-state index in [4.69, 9.17) is 0 Å². The van der Waals surface area contributed by atoms with Gasteiger partial charge in [-0.2, -0.15) is 0 Å². The number of benzene rings is 1. The summed E-state index contributed by atoms with van der Waals surface area (Å²) in [7, 11) is 0. The lowest BCUT2D eigenvalue weighted by Gasteiger charge is -2.06. The van der Waals surface area contributed by atoms with Crippen LogP contribution < -0.4 is 4.57 Å². The lowest BCUT2D eigenvalue weighted by atomic mass is 10.1. The van der Waals surface area contributed by atoms with Gasteiger partial charge in [-0.05, 0) is 37.7 Å². The third-order valence-electron chi connectivity index (χ3n) is 5.30. The van der Waals surface area contributed by atoms with Crippen LogP contribution in [0.3, 0.4) is 0 Å². The molecule has 0 saturated carbocycles. The average Bonchev–Trinajstić information content (AvgIpc) is 3.05. The van der Waals surface area contributed by atoms with Crippen LogP contribution in [0.25, 0.3) is 0 Å². The number of unbranched alkanes of at least 4 members (excludes halogenated alkanes) is 6. The maximum absolute atomic E-state index is 2.53. The zero-order valence-corrected chi connectivity index (χ0v) is 17.1. The summed E-state index contributed by atoms with van der Waals surface area (Å²) in [6.07, 6.45) is 19.0. The second kappa shape index (κ2) is 12.7. The van der Waals surface area contributed by atoms with Gasteiger partial charge in [-0.15, -0.1) is 0 Å². The van der Waals surface area contributed by atoms with Crippen molar-refractivity contribution in [1.82, 2.24) is 4.57 Å². The molecule has 26 heavy (non-hydrogen) atoms. The van der Waals surface area contributed by atoms with Gasteiger partial charge in [-0.1, -0.05) is 76.3 Å². The smallest absolute Gasteiger partial charge is 0.234 e. The fourth-order valence-electron chi connectivity index (χ4n) is 3.71. The Morgan fingerprint density at radius 2 is 1.50 bits per heavy atom. The highest BCUT2D eigenvalue weighted by Gasteiger charge is 2.16. The molecule has 0 radical (unpaired) electrons. The van der Waals surface area contributed by atoms with Crippen LogP contribution in [0.1, 0.15) is 83.0 Å². The van der Waals surface area contributed by atoms with Crippen LogP contribution in [-0.4, -0.2) is 4.57 Å². The van der Waals surface area contributed by atoms with Crippen molar-refractivity contribution in [3.05, 3.63) is 54.1 Å². The molecule has 2 rings (SSSR count). The molecule has 0 spiro atoms. The van der Waals surface area contributed by atoms with Crippen LogP contribution in [0.4, 0.5) is 0 Å². The average molecular weight is 356 g/mol. The molecule has 0 aliphatic carbocycles. The standard InChI is InChI=1S/C24H39N2/c1-3-5-7-8-12-18-24-25(19-13-6-4-2)21-22-26(24)20-14-17-23-15-10-9-11-16-23/h9-11,15-16,21-22H,3-8,12-14,17-20H2,1-2H3/q+1. The molecule has 2 nitrogen and oxygen atoms in total. The summed E-state index contributed by atoms with van der Waals surface area (Å²) in [4.78, 5) is 0. The normalized spacial score (nSPS) is 11.2. The molecule has 0 saturated heterocycles. The minimum Gasteiger partial charge on any atom is -0.234 e. The van der Waals surface area contributed by atoms with Crippen molar-refractivity contribution in [3.8, 4) is 0 Å².